The van der Waals surface area contributed by atoms with Crippen LogP contribution in [0.4, 0.5) is 10.5 Å². The van der Waals surface area contributed by atoms with Crippen molar-refractivity contribution in [2.75, 3.05) is 19.0 Å². The van der Waals surface area contributed by atoms with Gasteiger partial charge in [-0.25, -0.2) is 4.79 Å². The summed E-state index contributed by atoms with van der Waals surface area (Å²) in [5.74, 6) is 0. The number of carbonyl (C=O) groups excluding carboxylic acids is 1. The van der Waals surface area contributed by atoms with Crippen molar-refractivity contribution >= 4 is 11.8 Å². The minimum Gasteiger partial charge on any atom is -0.453 e. The predicted molar refractivity (Wildman–Crippen MR) is 58.5 cm³/mol. The van der Waals surface area contributed by atoms with E-state index in [0.29, 0.717) is 5.69 Å². The number of carbonyl (C=O) groups is 1. The van der Waals surface area contributed by atoms with Crippen molar-refractivity contribution < 1.29 is 9.53 Å². The third-order valence-corrected chi connectivity index (χ3v) is 1.94. The molecule has 0 atom stereocenters. The van der Waals surface area contributed by atoms with Gasteiger partial charge in [-0.15, -0.1) is 0 Å². The maximum Gasteiger partial charge on any atom is 0.411 e. The summed E-state index contributed by atoms with van der Waals surface area (Å²) in [6.45, 7) is 0.726. The molecule has 1 aromatic rings. The standard InChI is InChI=1S/C11H14N2O2/c1-12-8-7-9-3-5-10(6-4-9)13-11(14)15-2/h1,3-6,12H,7-8H2,2H3,(H,13,14). The second-order valence-electron chi connectivity index (χ2n) is 3.02. The van der Waals surface area contributed by atoms with Gasteiger partial charge in [0.2, 0.25) is 0 Å². The zero-order valence-corrected chi connectivity index (χ0v) is 8.62. The number of benzene rings is 1. The molecule has 4 heteroatoms. The second kappa shape index (κ2) is 6.03. The molecule has 1 amide bonds. The van der Waals surface area contributed by atoms with Crippen molar-refractivity contribution in [3.05, 3.63) is 36.9 Å². The molecule has 0 heterocycles. The Morgan fingerprint density at radius 2 is 2.07 bits per heavy atom. The number of methoxy groups -OCH3 is 1. The van der Waals surface area contributed by atoms with Gasteiger partial charge in [0.1, 0.15) is 0 Å². The molecular formula is C11H14N2O2. The van der Waals surface area contributed by atoms with Gasteiger partial charge in [0.15, 0.2) is 0 Å². The van der Waals surface area contributed by atoms with Crippen LogP contribution in [0, 0.1) is 7.05 Å². The molecule has 1 aromatic carbocycles. The number of amides is 1. The summed E-state index contributed by atoms with van der Waals surface area (Å²) in [4.78, 5) is 10.9. The minimum absolute atomic E-state index is 0.466. The molecule has 0 aliphatic heterocycles. The van der Waals surface area contributed by atoms with Crippen LogP contribution >= 0.6 is 0 Å². The molecule has 4 nitrogen and oxygen atoms in total. The Morgan fingerprint density at radius 3 is 2.60 bits per heavy atom. The molecule has 80 valence electrons. The normalized spacial score (nSPS) is 9.73. The first-order valence-electron chi connectivity index (χ1n) is 4.63. The van der Waals surface area contributed by atoms with Gasteiger partial charge in [-0.3, -0.25) is 5.32 Å². The summed E-state index contributed by atoms with van der Waals surface area (Å²) >= 11 is 0. The largest absolute Gasteiger partial charge is 0.453 e. The van der Waals surface area contributed by atoms with E-state index in [1.54, 1.807) is 0 Å². The lowest BCUT2D eigenvalue weighted by Crippen LogP contribution is -2.11. The van der Waals surface area contributed by atoms with E-state index in [1.807, 2.05) is 24.3 Å². The van der Waals surface area contributed by atoms with E-state index in [2.05, 4.69) is 15.4 Å². The highest BCUT2D eigenvalue weighted by Gasteiger charge is 1.99. The van der Waals surface area contributed by atoms with Crippen molar-refractivity contribution in [2.45, 2.75) is 6.42 Å². The van der Waals surface area contributed by atoms with Crippen LogP contribution in [0.25, 0.3) is 0 Å². The predicted octanol–water partition coefficient (Wildman–Crippen LogP) is 1.67. The lowest BCUT2D eigenvalue weighted by molar-refractivity contribution is 0.187. The van der Waals surface area contributed by atoms with Crippen LogP contribution in [0.3, 0.4) is 0 Å². The first-order chi connectivity index (χ1) is 7.26. The van der Waals surface area contributed by atoms with Gasteiger partial charge in [0.25, 0.3) is 0 Å². The number of nitrogens with one attached hydrogen (secondary N) is 2. The third-order valence-electron chi connectivity index (χ3n) is 1.94. The molecule has 0 aliphatic carbocycles. The number of hydrogen-bond donors (Lipinski definition) is 2. The molecule has 1 rings (SSSR count). The van der Waals surface area contributed by atoms with E-state index in [9.17, 15) is 4.79 Å². The van der Waals surface area contributed by atoms with Gasteiger partial charge in [0, 0.05) is 12.7 Å². The van der Waals surface area contributed by atoms with Crippen LogP contribution in [0.1, 0.15) is 5.56 Å². The SMILES string of the molecule is [CH]NCCc1ccc(NC(=O)OC)cc1. The van der Waals surface area contributed by atoms with Crippen molar-refractivity contribution in [2.24, 2.45) is 0 Å². The first kappa shape index (κ1) is 11.5. The Morgan fingerprint density at radius 1 is 1.40 bits per heavy atom. The maximum absolute atomic E-state index is 10.9. The van der Waals surface area contributed by atoms with Crippen molar-refractivity contribution in [1.29, 1.82) is 0 Å². The number of hydrogen-bond acceptors (Lipinski definition) is 3. The molecule has 0 unspecified atom stereocenters. The van der Waals surface area contributed by atoms with Gasteiger partial charge in [-0.1, -0.05) is 12.1 Å². The van der Waals surface area contributed by atoms with Gasteiger partial charge >= 0.3 is 6.09 Å². The molecule has 0 aliphatic rings. The Balaban J connectivity index is 2.52. The molecule has 2 N–H and O–H groups in total. The monoisotopic (exact) mass is 206 g/mol. The molecule has 0 spiro atoms. The van der Waals surface area contributed by atoms with Crippen molar-refractivity contribution in [3.63, 3.8) is 0 Å². The Bertz CT molecular complexity index is 309. The molecule has 15 heavy (non-hydrogen) atoms. The summed E-state index contributed by atoms with van der Waals surface area (Å²) in [5, 5.41) is 5.16. The van der Waals surface area contributed by atoms with E-state index < -0.39 is 6.09 Å². The van der Waals surface area contributed by atoms with Crippen LogP contribution in [0.15, 0.2) is 24.3 Å². The summed E-state index contributed by atoms with van der Waals surface area (Å²) < 4.78 is 4.47. The molecule has 0 fully saturated rings. The fourth-order valence-electron chi connectivity index (χ4n) is 1.14. The number of anilines is 1. The summed E-state index contributed by atoms with van der Waals surface area (Å²) in [7, 11) is 6.50. The molecule has 0 aromatic heterocycles. The second-order valence-corrected chi connectivity index (χ2v) is 3.02. The summed E-state index contributed by atoms with van der Waals surface area (Å²) in [6, 6.07) is 7.51. The minimum atomic E-state index is -0.466. The zero-order chi connectivity index (χ0) is 11.1. The maximum atomic E-state index is 10.9. The van der Waals surface area contributed by atoms with Crippen LogP contribution in [-0.2, 0) is 11.2 Å². The quantitative estimate of drug-likeness (QED) is 0.737. The van der Waals surface area contributed by atoms with Crippen molar-refractivity contribution in [3.8, 4) is 0 Å². The first-order valence-corrected chi connectivity index (χ1v) is 4.63. The number of ether oxygens (including phenoxy) is 1. The van der Waals surface area contributed by atoms with E-state index in [4.69, 9.17) is 7.05 Å². The van der Waals surface area contributed by atoms with E-state index in [-0.39, 0.29) is 0 Å². The smallest absolute Gasteiger partial charge is 0.411 e. The van der Waals surface area contributed by atoms with Gasteiger partial charge in [-0.05, 0) is 30.7 Å². The third kappa shape index (κ3) is 3.99. The average molecular weight is 206 g/mol. The molecule has 0 saturated heterocycles. The molecule has 0 bridgehead atoms. The lowest BCUT2D eigenvalue weighted by atomic mass is 10.1. The lowest BCUT2D eigenvalue weighted by Gasteiger charge is -2.05. The van der Waals surface area contributed by atoms with E-state index in [0.717, 1.165) is 18.5 Å². The highest BCUT2D eigenvalue weighted by molar-refractivity contribution is 5.84. The van der Waals surface area contributed by atoms with Crippen molar-refractivity contribution in [1.82, 2.24) is 5.32 Å². The van der Waals surface area contributed by atoms with Crippen LogP contribution in [-0.4, -0.2) is 19.7 Å². The molecule has 0 saturated carbocycles. The van der Waals surface area contributed by atoms with Gasteiger partial charge < -0.3 is 10.1 Å². The van der Waals surface area contributed by atoms with E-state index in [1.165, 1.54) is 7.11 Å². The van der Waals surface area contributed by atoms with Gasteiger partial charge in [-0.2, -0.15) is 0 Å². The van der Waals surface area contributed by atoms with Crippen LogP contribution in [0.2, 0.25) is 0 Å². The topological polar surface area (TPSA) is 50.4 Å². The zero-order valence-electron chi connectivity index (χ0n) is 8.62. The fraction of sp³-hybridized carbons (Fsp3) is 0.273. The van der Waals surface area contributed by atoms with Gasteiger partial charge in [0.05, 0.1) is 7.11 Å². The molecular weight excluding hydrogens is 192 g/mol. The van der Waals surface area contributed by atoms with E-state index >= 15 is 0 Å². The summed E-state index contributed by atoms with van der Waals surface area (Å²) in [6.07, 6.45) is 0.390. The Labute approximate surface area is 89.6 Å². The number of rotatable bonds is 4. The summed E-state index contributed by atoms with van der Waals surface area (Å²) in [5.41, 5.74) is 1.87. The van der Waals surface area contributed by atoms with Crippen LogP contribution < -0.4 is 10.6 Å². The fourth-order valence-corrected chi connectivity index (χ4v) is 1.14. The van der Waals surface area contributed by atoms with Crippen LogP contribution in [0.5, 0.6) is 0 Å². The Hall–Kier alpha value is -1.55. The molecule has 2 radical (unpaired) electrons. The highest BCUT2D eigenvalue weighted by atomic mass is 16.5. The average Bonchev–Trinajstić information content (AvgIpc) is 2.28. The highest BCUT2D eigenvalue weighted by Crippen LogP contribution is 2.09. The Kier molecular flexibility index (Phi) is 4.63.